The highest BCUT2D eigenvalue weighted by Crippen LogP contribution is 2.14. The van der Waals surface area contributed by atoms with E-state index >= 15 is 0 Å². The lowest BCUT2D eigenvalue weighted by Crippen LogP contribution is -2.49. The highest BCUT2D eigenvalue weighted by molar-refractivity contribution is 5.74. The molecule has 2 heterocycles. The lowest BCUT2D eigenvalue weighted by Gasteiger charge is -2.34. The number of nitrogens with one attached hydrogen (secondary N) is 1. The first-order chi connectivity index (χ1) is 9.22. The van der Waals surface area contributed by atoms with Gasteiger partial charge in [-0.1, -0.05) is 12.1 Å². The molecule has 1 aliphatic heterocycles. The number of aromatic nitrogens is 2. The van der Waals surface area contributed by atoms with E-state index in [4.69, 9.17) is 10.5 Å². The van der Waals surface area contributed by atoms with E-state index < -0.39 is 0 Å². The molecular weight excluding hydrogens is 240 g/mol. The molecule has 1 saturated heterocycles. The van der Waals surface area contributed by atoms with Crippen LogP contribution in [0.4, 0.5) is 0 Å². The Morgan fingerprint density at radius 1 is 1.53 bits per heavy atom. The van der Waals surface area contributed by atoms with Crippen molar-refractivity contribution >= 4 is 11.0 Å². The molecule has 5 nitrogen and oxygen atoms in total. The molecule has 0 radical (unpaired) electrons. The molecule has 0 aliphatic carbocycles. The number of fused-ring (bicyclic) bond motifs is 1. The number of ether oxygens (including phenoxy) is 1. The molecule has 1 aromatic carbocycles. The molecule has 0 amide bonds. The fourth-order valence-electron chi connectivity index (χ4n) is 2.49. The van der Waals surface area contributed by atoms with Gasteiger partial charge in [0.15, 0.2) is 0 Å². The Morgan fingerprint density at radius 2 is 2.37 bits per heavy atom. The van der Waals surface area contributed by atoms with Crippen LogP contribution in [0.5, 0.6) is 0 Å². The van der Waals surface area contributed by atoms with Gasteiger partial charge >= 0.3 is 0 Å². The second-order valence-corrected chi connectivity index (χ2v) is 5.20. The van der Waals surface area contributed by atoms with Crippen molar-refractivity contribution in [3.05, 3.63) is 30.1 Å². The van der Waals surface area contributed by atoms with Crippen LogP contribution in [-0.4, -0.2) is 46.7 Å². The summed E-state index contributed by atoms with van der Waals surface area (Å²) >= 11 is 0. The number of imidazole rings is 1. The van der Waals surface area contributed by atoms with Crippen molar-refractivity contribution in [1.29, 1.82) is 0 Å². The van der Waals surface area contributed by atoms with Crippen molar-refractivity contribution in [2.24, 2.45) is 5.73 Å². The summed E-state index contributed by atoms with van der Waals surface area (Å²) in [7, 11) is 0. The normalized spacial score (nSPS) is 22.7. The van der Waals surface area contributed by atoms with Crippen molar-refractivity contribution < 1.29 is 4.74 Å². The fraction of sp³-hybridized carbons (Fsp3) is 0.500. The van der Waals surface area contributed by atoms with Gasteiger partial charge in [0.2, 0.25) is 0 Å². The second-order valence-electron chi connectivity index (χ2n) is 5.20. The van der Waals surface area contributed by atoms with Crippen LogP contribution in [0, 0.1) is 0 Å². The fourth-order valence-corrected chi connectivity index (χ4v) is 2.49. The molecule has 0 saturated carbocycles. The minimum atomic E-state index is 0.0680. The molecule has 1 aromatic heterocycles. The summed E-state index contributed by atoms with van der Waals surface area (Å²) in [6, 6.07) is 8.17. The van der Waals surface area contributed by atoms with Crippen molar-refractivity contribution in [2.45, 2.75) is 25.6 Å². The van der Waals surface area contributed by atoms with E-state index in [-0.39, 0.29) is 12.1 Å². The number of rotatable bonds is 3. The minimum Gasteiger partial charge on any atom is -0.374 e. The summed E-state index contributed by atoms with van der Waals surface area (Å²) in [5.74, 6) is 1.01. The molecular formula is C14H20N4O. The topological polar surface area (TPSA) is 67.2 Å². The minimum absolute atomic E-state index is 0.0680. The number of nitrogens with two attached hydrogens (primary N) is 1. The third-order valence-corrected chi connectivity index (χ3v) is 3.58. The Balaban J connectivity index is 1.70. The highest BCUT2D eigenvalue weighted by atomic mass is 16.5. The molecule has 0 spiro atoms. The van der Waals surface area contributed by atoms with Crippen LogP contribution >= 0.6 is 0 Å². The summed E-state index contributed by atoms with van der Waals surface area (Å²) in [6.45, 7) is 5.36. The van der Waals surface area contributed by atoms with Crippen molar-refractivity contribution in [1.82, 2.24) is 14.9 Å². The first kappa shape index (κ1) is 12.6. The second kappa shape index (κ2) is 5.28. The number of benzene rings is 1. The van der Waals surface area contributed by atoms with Crippen LogP contribution in [0.15, 0.2) is 24.3 Å². The lowest BCUT2D eigenvalue weighted by molar-refractivity contribution is -0.0409. The zero-order valence-corrected chi connectivity index (χ0v) is 11.2. The number of hydrogen-bond donors (Lipinski definition) is 2. The van der Waals surface area contributed by atoms with Gasteiger partial charge < -0.3 is 15.5 Å². The van der Waals surface area contributed by atoms with Crippen molar-refractivity contribution in [3.63, 3.8) is 0 Å². The summed E-state index contributed by atoms with van der Waals surface area (Å²) < 4.78 is 5.67. The Labute approximate surface area is 112 Å². The molecule has 2 aromatic rings. The Kier molecular flexibility index (Phi) is 3.50. The maximum Gasteiger partial charge on any atom is 0.121 e. The smallest absolute Gasteiger partial charge is 0.121 e. The maximum absolute atomic E-state index is 5.91. The van der Waals surface area contributed by atoms with Gasteiger partial charge in [-0.3, -0.25) is 4.90 Å². The SMILES string of the molecule is CC(N)C1CN(Cc2nc3ccccc3[nH]2)CCO1. The zero-order chi connectivity index (χ0) is 13.2. The molecule has 0 bridgehead atoms. The van der Waals surface area contributed by atoms with Crippen LogP contribution in [0.1, 0.15) is 12.7 Å². The largest absolute Gasteiger partial charge is 0.374 e. The first-order valence-corrected chi connectivity index (χ1v) is 6.75. The van der Waals surface area contributed by atoms with Gasteiger partial charge in [-0.25, -0.2) is 4.98 Å². The molecule has 1 fully saturated rings. The van der Waals surface area contributed by atoms with Crippen LogP contribution in [0.25, 0.3) is 11.0 Å². The molecule has 2 unspecified atom stereocenters. The molecule has 1 aliphatic rings. The average Bonchev–Trinajstić information content (AvgIpc) is 2.81. The van der Waals surface area contributed by atoms with Gasteiger partial charge in [0.1, 0.15) is 5.82 Å². The monoisotopic (exact) mass is 260 g/mol. The van der Waals surface area contributed by atoms with Crippen LogP contribution in [0.2, 0.25) is 0 Å². The summed E-state index contributed by atoms with van der Waals surface area (Å²) in [5, 5.41) is 0. The molecule has 3 rings (SSSR count). The predicted molar refractivity (Wildman–Crippen MR) is 74.8 cm³/mol. The van der Waals surface area contributed by atoms with E-state index in [0.717, 1.165) is 43.1 Å². The molecule has 3 N–H and O–H groups in total. The van der Waals surface area contributed by atoms with Gasteiger partial charge in [0.25, 0.3) is 0 Å². The van der Waals surface area contributed by atoms with E-state index in [0.29, 0.717) is 0 Å². The van der Waals surface area contributed by atoms with Gasteiger partial charge in [0, 0.05) is 19.1 Å². The third-order valence-electron chi connectivity index (χ3n) is 3.58. The van der Waals surface area contributed by atoms with Crippen LogP contribution < -0.4 is 5.73 Å². The Bertz CT molecular complexity index is 518. The number of nitrogens with zero attached hydrogens (tertiary/aromatic N) is 2. The predicted octanol–water partition coefficient (Wildman–Crippen LogP) is 1.11. The summed E-state index contributed by atoms with van der Waals surface area (Å²) in [4.78, 5) is 10.3. The van der Waals surface area contributed by atoms with Gasteiger partial charge in [-0.05, 0) is 19.1 Å². The van der Waals surface area contributed by atoms with Crippen LogP contribution in [-0.2, 0) is 11.3 Å². The Hall–Kier alpha value is -1.43. The van der Waals surface area contributed by atoms with E-state index in [1.807, 2.05) is 25.1 Å². The molecule has 2 atom stereocenters. The number of hydrogen-bond acceptors (Lipinski definition) is 4. The summed E-state index contributed by atoms with van der Waals surface area (Å²) in [6.07, 6.45) is 0.123. The molecule has 5 heteroatoms. The number of H-pyrrole nitrogens is 1. The highest BCUT2D eigenvalue weighted by Gasteiger charge is 2.23. The number of morpholine rings is 1. The number of aromatic amines is 1. The first-order valence-electron chi connectivity index (χ1n) is 6.75. The quantitative estimate of drug-likeness (QED) is 0.867. The van der Waals surface area contributed by atoms with E-state index in [2.05, 4.69) is 20.9 Å². The number of para-hydroxylation sites is 2. The van der Waals surface area contributed by atoms with Crippen molar-refractivity contribution in [3.8, 4) is 0 Å². The van der Waals surface area contributed by atoms with E-state index in [1.165, 1.54) is 0 Å². The molecule has 19 heavy (non-hydrogen) atoms. The van der Waals surface area contributed by atoms with Crippen molar-refractivity contribution in [2.75, 3.05) is 19.7 Å². The molecule has 102 valence electrons. The van der Waals surface area contributed by atoms with Crippen LogP contribution in [0.3, 0.4) is 0 Å². The van der Waals surface area contributed by atoms with Gasteiger partial charge in [-0.15, -0.1) is 0 Å². The zero-order valence-electron chi connectivity index (χ0n) is 11.2. The standard InChI is InChI=1S/C14H20N4O/c1-10(15)13-8-18(6-7-19-13)9-14-16-11-4-2-3-5-12(11)17-14/h2-5,10,13H,6-9,15H2,1H3,(H,16,17). The maximum atomic E-state index is 5.91. The van der Waals surface area contributed by atoms with E-state index in [9.17, 15) is 0 Å². The van der Waals surface area contributed by atoms with Gasteiger partial charge in [-0.2, -0.15) is 0 Å². The Morgan fingerprint density at radius 3 is 3.16 bits per heavy atom. The average molecular weight is 260 g/mol. The van der Waals surface area contributed by atoms with E-state index in [1.54, 1.807) is 0 Å². The lowest BCUT2D eigenvalue weighted by atomic mass is 10.1. The summed E-state index contributed by atoms with van der Waals surface area (Å²) in [5.41, 5.74) is 8.02. The third kappa shape index (κ3) is 2.78. The van der Waals surface area contributed by atoms with Gasteiger partial charge in [0.05, 0.1) is 30.3 Å².